The number of benzene rings is 9. The van der Waals surface area contributed by atoms with Crippen molar-refractivity contribution < 1.29 is 6.85 Å². The molecule has 268 valence electrons. The van der Waals surface area contributed by atoms with Crippen LogP contribution >= 0.6 is 0 Å². The van der Waals surface area contributed by atoms with Crippen molar-refractivity contribution in [2.45, 2.75) is 5.41 Å². The maximum Gasteiger partial charge on any atom is 0.0713 e. The molecule has 1 aliphatic rings. The summed E-state index contributed by atoms with van der Waals surface area (Å²) in [5.74, 6) is 0. The SMILES string of the molecule is [2H]c1c([2H])c([2H])c(C2(c3ccc4c(c3)c3ccccc3n4-c3ccccc3)c3ccccc3-c3cc(N(c4ccccc4)c4ccccc4-c4ccccc4)ccc32)c([2H])c1[2H]. The Morgan fingerprint density at radius 3 is 1.86 bits per heavy atom. The molecule has 0 spiro atoms. The zero-order valence-corrected chi connectivity index (χ0v) is 30.9. The molecule has 1 aliphatic carbocycles. The molecule has 1 heterocycles. The Hall–Kier alpha value is -7.42. The van der Waals surface area contributed by atoms with E-state index in [0.29, 0.717) is 0 Å². The van der Waals surface area contributed by atoms with E-state index < -0.39 is 11.5 Å². The summed E-state index contributed by atoms with van der Waals surface area (Å²) in [6, 6.07) is 67.2. The molecule has 9 aromatic carbocycles. The largest absolute Gasteiger partial charge is 0.310 e. The Kier molecular flexibility index (Phi) is 6.60. The molecule has 10 aromatic rings. The molecule has 57 heavy (non-hydrogen) atoms. The van der Waals surface area contributed by atoms with Crippen molar-refractivity contribution in [1.29, 1.82) is 0 Å². The summed E-state index contributed by atoms with van der Waals surface area (Å²) >= 11 is 0. The normalized spacial score (nSPS) is 15.6. The first-order valence-corrected chi connectivity index (χ1v) is 19.3. The van der Waals surface area contributed by atoms with Gasteiger partial charge in [0.05, 0.1) is 29.0 Å². The van der Waals surface area contributed by atoms with Gasteiger partial charge >= 0.3 is 0 Å². The monoisotopic (exact) mass is 731 g/mol. The minimum absolute atomic E-state index is 0.225. The number of fused-ring (bicyclic) bond motifs is 6. The lowest BCUT2D eigenvalue weighted by molar-refractivity contribution is 0.770. The number of nitrogens with zero attached hydrogens (tertiary/aromatic N) is 2. The molecule has 0 bridgehead atoms. The van der Waals surface area contributed by atoms with Crippen molar-refractivity contribution in [3.05, 3.63) is 253 Å². The summed E-state index contributed by atoms with van der Waals surface area (Å²) in [4.78, 5) is 2.28. The summed E-state index contributed by atoms with van der Waals surface area (Å²) in [7, 11) is 0. The first-order chi connectivity index (χ1) is 30.4. The van der Waals surface area contributed by atoms with Crippen molar-refractivity contribution in [3.8, 4) is 27.9 Å². The van der Waals surface area contributed by atoms with Gasteiger partial charge in [0.25, 0.3) is 0 Å². The van der Waals surface area contributed by atoms with Crippen molar-refractivity contribution in [1.82, 2.24) is 4.57 Å². The second-order valence-electron chi connectivity index (χ2n) is 14.5. The third kappa shape index (κ3) is 5.11. The maximum absolute atomic E-state index is 9.62. The summed E-state index contributed by atoms with van der Waals surface area (Å²) in [6.07, 6.45) is 0. The van der Waals surface area contributed by atoms with Gasteiger partial charge in [-0.25, -0.2) is 0 Å². The van der Waals surface area contributed by atoms with Crippen LogP contribution in [0.25, 0.3) is 49.7 Å². The fourth-order valence-corrected chi connectivity index (χ4v) is 9.17. The van der Waals surface area contributed by atoms with Gasteiger partial charge in [-0.05, 0) is 99.6 Å². The van der Waals surface area contributed by atoms with Gasteiger partial charge < -0.3 is 9.47 Å². The predicted octanol–water partition coefficient (Wildman–Crippen LogP) is 14.3. The zero-order chi connectivity index (χ0) is 42.1. The van der Waals surface area contributed by atoms with Crippen molar-refractivity contribution in [2.75, 3.05) is 4.90 Å². The molecular formula is C55H38N2. The lowest BCUT2D eigenvalue weighted by Gasteiger charge is -2.34. The van der Waals surface area contributed by atoms with E-state index in [1.807, 2.05) is 66.7 Å². The van der Waals surface area contributed by atoms with Crippen molar-refractivity contribution >= 4 is 38.9 Å². The van der Waals surface area contributed by atoms with E-state index in [2.05, 4.69) is 143 Å². The molecule has 0 N–H and O–H groups in total. The van der Waals surface area contributed by atoms with Crippen LogP contribution in [0.15, 0.2) is 230 Å². The van der Waals surface area contributed by atoms with Crippen LogP contribution in [0.5, 0.6) is 0 Å². The van der Waals surface area contributed by atoms with Gasteiger partial charge in [0.1, 0.15) is 0 Å². The molecule has 0 fully saturated rings. The van der Waals surface area contributed by atoms with Gasteiger partial charge in [0, 0.05) is 33.4 Å². The fourth-order valence-electron chi connectivity index (χ4n) is 9.17. The molecular weight excluding hydrogens is 689 g/mol. The van der Waals surface area contributed by atoms with E-state index in [4.69, 9.17) is 4.11 Å². The molecule has 11 rings (SSSR count). The average molecular weight is 732 g/mol. The van der Waals surface area contributed by atoms with E-state index >= 15 is 0 Å². The predicted molar refractivity (Wildman–Crippen MR) is 238 cm³/mol. The smallest absolute Gasteiger partial charge is 0.0713 e. The minimum Gasteiger partial charge on any atom is -0.310 e. The van der Waals surface area contributed by atoms with E-state index in [-0.39, 0.29) is 29.7 Å². The van der Waals surface area contributed by atoms with Crippen LogP contribution in [0.4, 0.5) is 17.1 Å². The van der Waals surface area contributed by atoms with E-state index in [9.17, 15) is 2.74 Å². The Morgan fingerprint density at radius 2 is 1.05 bits per heavy atom. The minimum atomic E-state index is -1.29. The third-order valence-electron chi connectivity index (χ3n) is 11.5. The van der Waals surface area contributed by atoms with E-state index in [1.54, 1.807) is 0 Å². The van der Waals surface area contributed by atoms with Crippen molar-refractivity contribution in [2.24, 2.45) is 0 Å². The lowest BCUT2D eigenvalue weighted by atomic mass is 9.67. The maximum atomic E-state index is 9.62. The van der Waals surface area contributed by atoms with Gasteiger partial charge in [-0.1, -0.05) is 170 Å². The van der Waals surface area contributed by atoms with Gasteiger partial charge in [0.2, 0.25) is 0 Å². The summed E-state index contributed by atoms with van der Waals surface area (Å²) in [6.45, 7) is 0. The van der Waals surface area contributed by atoms with Crippen LogP contribution in [0.3, 0.4) is 0 Å². The Balaban J connectivity index is 1.23. The Bertz CT molecular complexity index is 3340. The molecule has 2 heteroatoms. The van der Waals surface area contributed by atoms with Gasteiger partial charge in [0.15, 0.2) is 0 Å². The Labute approximate surface area is 340 Å². The standard InChI is InChI=1S/C55H38N2/c1-5-19-39(20-6-1)45-27-14-17-31-52(45)56(42-23-9-3-10-24-42)44-34-35-51-48(38-44)46-28-13-16-30-50(46)55(51,40-21-7-2-8-22-40)41-33-36-54-49(37-41)47-29-15-18-32-53(47)57(54)43-25-11-4-12-26-43/h1-38H/i2D,7D,8D,21D,22D. The third-order valence-corrected chi connectivity index (χ3v) is 11.5. The second-order valence-corrected chi connectivity index (χ2v) is 14.5. The highest BCUT2D eigenvalue weighted by Crippen LogP contribution is 2.58. The second kappa shape index (κ2) is 13.4. The average Bonchev–Trinajstić information content (AvgIpc) is 3.81. The van der Waals surface area contributed by atoms with Crippen LogP contribution in [-0.4, -0.2) is 4.57 Å². The van der Waals surface area contributed by atoms with Gasteiger partial charge in [-0.2, -0.15) is 0 Å². The molecule has 0 amide bonds. The molecule has 2 nitrogen and oxygen atoms in total. The molecule has 0 saturated heterocycles. The number of hydrogen-bond acceptors (Lipinski definition) is 1. The molecule has 0 radical (unpaired) electrons. The van der Waals surface area contributed by atoms with Crippen LogP contribution in [0.1, 0.15) is 29.1 Å². The van der Waals surface area contributed by atoms with Crippen LogP contribution in [0.2, 0.25) is 0 Å². The number of para-hydroxylation sites is 4. The summed E-state index contributed by atoms with van der Waals surface area (Å²) in [5, 5.41) is 2.06. The quantitative estimate of drug-likeness (QED) is 0.158. The topological polar surface area (TPSA) is 8.17 Å². The molecule has 1 unspecified atom stereocenters. The fraction of sp³-hybridized carbons (Fsp3) is 0.0182. The van der Waals surface area contributed by atoms with E-state index in [0.717, 1.165) is 83.5 Å². The highest BCUT2D eigenvalue weighted by atomic mass is 15.1. The van der Waals surface area contributed by atoms with Crippen LogP contribution in [0, 0.1) is 0 Å². The first-order valence-electron chi connectivity index (χ1n) is 21.8. The first kappa shape index (κ1) is 28.1. The zero-order valence-electron chi connectivity index (χ0n) is 35.9. The number of anilines is 3. The Morgan fingerprint density at radius 1 is 0.421 bits per heavy atom. The van der Waals surface area contributed by atoms with Crippen LogP contribution in [-0.2, 0) is 5.41 Å². The number of rotatable bonds is 7. The van der Waals surface area contributed by atoms with Crippen LogP contribution < -0.4 is 4.90 Å². The lowest BCUT2D eigenvalue weighted by Crippen LogP contribution is -2.28. The number of hydrogen-bond donors (Lipinski definition) is 0. The molecule has 0 aliphatic heterocycles. The highest BCUT2D eigenvalue weighted by Gasteiger charge is 2.46. The molecule has 0 saturated carbocycles. The summed E-state index contributed by atoms with van der Waals surface area (Å²) < 4.78 is 48.2. The van der Waals surface area contributed by atoms with Gasteiger partial charge in [-0.15, -0.1) is 0 Å². The van der Waals surface area contributed by atoms with E-state index in [1.165, 1.54) is 0 Å². The highest BCUT2D eigenvalue weighted by molar-refractivity contribution is 6.10. The molecule has 1 atom stereocenters. The summed E-state index contributed by atoms with van der Waals surface area (Å²) in [5.41, 5.74) is 11.5. The number of aromatic nitrogens is 1. The van der Waals surface area contributed by atoms with Crippen molar-refractivity contribution in [3.63, 3.8) is 0 Å². The van der Waals surface area contributed by atoms with Gasteiger partial charge in [-0.3, -0.25) is 0 Å². The molecule has 1 aromatic heterocycles.